The number of hydrogen-bond donors (Lipinski definition) is 1. The van der Waals surface area contributed by atoms with E-state index in [9.17, 15) is 9.59 Å². The molecule has 0 atom stereocenters. The molecule has 0 bridgehead atoms. The second-order valence-electron chi connectivity index (χ2n) is 4.82. The van der Waals surface area contributed by atoms with Crippen molar-refractivity contribution in [3.05, 3.63) is 29.3 Å². The molecule has 1 aliphatic rings. The summed E-state index contributed by atoms with van der Waals surface area (Å²) in [5.41, 5.74) is 0.732. The monoisotopic (exact) mass is 296 g/mol. The Morgan fingerprint density at radius 1 is 1.45 bits per heavy atom. The first-order valence-electron chi connectivity index (χ1n) is 6.77. The van der Waals surface area contributed by atoms with E-state index in [-0.39, 0.29) is 18.4 Å². The number of quaternary nitrogens is 1. The summed E-state index contributed by atoms with van der Waals surface area (Å²) in [5, 5.41) is 2.55. The Kier molecular flexibility index (Phi) is 4.98. The molecular weight excluding hydrogens is 278 g/mol. The minimum absolute atomic E-state index is 0.00340. The van der Waals surface area contributed by atoms with E-state index >= 15 is 0 Å². The van der Waals surface area contributed by atoms with Gasteiger partial charge >= 0.3 is 0 Å². The highest BCUT2D eigenvalue weighted by atomic mass is 35.5. The Morgan fingerprint density at radius 2 is 2.25 bits per heavy atom. The molecule has 5 nitrogen and oxygen atoms in total. The van der Waals surface area contributed by atoms with Gasteiger partial charge in [0.05, 0.1) is 6.54 Å². The van der Waals surface area contributed by atoms with Crippen LogP contribution in [0.3, 0.4) is 0 Å². The SMILES string of the molecule is CCC[NH2+]CC(=O)N1CC(=O)N(c2cccc(Cl)c2)C1. The Labute approximate surface area is 123 Å². The first-order chi connectivity index (χ1) is 9.61. The third-order valence-electron chi connectivity index (χ3n) is 3.22. The van der Waals surface area contributed by atoms with Crippen molar-refractivity contribution in [3.8, 4) is 0 Å². The van der Waals surface area contributed by atoms with E-state index in [4.69, 9.17) is 11.6 Å². The van der Waals surface area contributed by atoms with Gasteiger partial charge in [0.15, 0.2) is 6.54 Å². The molecule has 1 saturated heterocycles. The smallest absolute Gasteiger partial charge is 0.279 e. The van der Waals surface area contributed by atoms with Gasteiger partial charge in [-0.05, 0) is 24.6 Å². The normalized spacial score (nSPS) is 15.0. The standard InChI is InChI=1S/C14H18ClN3O2/c1-2-6-16-8-13(19)17-9-14(20)18(10-17)12-5-3-4-11(15)7-12/h3-5,7,16H,2,6,8-10H2,1H3/p+1. The second kappa shape index (κ2) is 6.72. The average molecular weight is 297 g/mol. The van der Waals surface area contributed by atoms with E-state index in [2.05, 4.69) is 6.92 Å². The van der Waals surface area contributed by atoms with Gasteiger partial charge in [0, 0.05) is 10.7 Å². The van der Waals surface area contributed by atoms with Gasteiger partial charge in [-0.25, -0.2) is 0 Å². The van der Waals surface area contributed by atoms with Crippen molar-refractivity contribution in [1.82, 2.24) is 4.90 Å². The van der Waals surface area contributed by atoms with E-state index in [1.54, 1.807) is 28.0 Å². The van der Waals surface area contributed by atoms with Gasteiger partial charge in [-0.15, -0.1) is 0 Å². The van der Waals surface area contributed by atoms with Crippen LogP contribution in [-0.4, -0.2) is 43.0 Å². The fourth-order valence-corrected chi connectivity index (χ4v) is 2.33. The second-order valence-corrected chi connectivity index (χ2v) is 5.25. The van der Waals surface area contributed by atoms with Gasteiger partial charge in [-0.2, -0.15) is 0 Å². The summed E-state index contributed by atoms with van der Waals surface area (Å²) in [6.07, 6.45) is 1.03. The maximum absolute atomic E-state index is 12.0. The molecule has 108 valence electrons. The number of carbonyl (C=O) groups excluding carboxylic acids is 2. The Morgan fingerprint density at radius 3 is 2.95 bits per heavy atom. The zero-order valence-electron chi connectivity index (χ0n) is 11.5. The molecule has 2 amide bonds. The van der Waals surface area contributed by atoms with Crippen molar-refractivity contribution in [1.29, 1.82) is 0 Å². The van der Waals surface area contributed by atoms with Crippen LogP contribution >= 0.6 is 11.6 Å². The molecule has 6 heteroatoms. The molecule has 2 N–H and O–H groups in total. The van der Waals surface area contributed by atoms with Crippen molar-refractivity contribution in [2.24, 2.45) is 0 Å². The number of rotatable bonds is 5. The van der Waals surface area contributed by atoms with Crippen LogP contribution in [0.25, 0.3) is 0 Å². The Bertz CT molecular complexity index is 507. The third-order valence-corrected chi connectivity index (χ3v) is 3.46. The number of nitrogens with two attached hydrogens (primary N) is 1. The van der Waals surface area contributed by atoms with Crippen LogP contribution in [0.15, 0.2) is 24.3 Å². The molecule has 1 aromatic rings. The van der Waals surface area contributed by atoms with Crippen LogP contribution in [0, 0.1) is 0 Å². The van der Waals surface area contributed by atoms with E-state index in [1.807, 2.05) is 11.4 Å². The summed E-state index contributed by atoms with van der Waals surface area (Å²) in [4.78, 5) is 27.2. The number of nitrogens with zero attached hydrogens (tertiary/aromatic N) is 2. The molecule has 0 unspecified atom stereocenters. The lowest BCUT2D eigenvalue weighted by Crippen LogP contribution is -2.86. The minimum atomic E-state index is -0.0730. The quantitative estimate of drug-likeness (QED) is 0.802. The van der Waals surface area contributed by atoms with Crippen molar-refractivity contribution in [2.45, 2.75) is 13.3 Å². The van der Waals surface area contributed by atoms with Gasteiger partial charge < -0.3 is 10.2 Å². The van der Waals surface area contributed by atoms with Crippen LogP contribution < -0.4 is 10.2 Å². The molecule has 20 heavy (non-hydrogen) atoms. The van der Waals surface area contributed by atoms with Crippen molar-refractivity contribution >= 4 is 29.1 Å². The lowest BCUT2D eigenvalue weighted by molar-refractivity contribution is -0.644. The van der Waals surface area contributed by atoms with Gasteiger partial charge in [0.2, 0.25) is 5.91 Å². The highest BCUT2D eigenvalue weighted by Gasteiger charge is 2.32. The molecule has 0 saturated carbocycles. The fraction of sp³-hybridized carbons (Fsp3) is 0.429. The number of anilines is 1. The van der Waals surface area contributed by atoms with Gasteiger partial charge in [0.25, 0.3) is 5.91 Å². The number of halogens is 1. The summed E-state index contributed by atoms with van der Waals surface area (Å²) in [5.74, 6) is -0.0764. The fourth-order valence-electron chi connectivity index (χ4n) is 2.14. The molecule has 1 heterocycles. The van der Waals surface area contributed by atoms with Crippen molar-refractivity contribution < 1.29 is 14.9 Å². The van der Waals surface area contributed by atoms with Crippen molar-refractivity contribution in [2.75, 3.05) is 31.2 Å². The molecule has 0 spiro atoms. The maximum atomic E-state index is 12.0. The van der Waals surface area contributed by atoms with Crippen LogP contribution in [0.4, 0.5) is 5.69 Å². The molecule has 0 radical (unpaired) electrons. The molecule has 2 rings (SSSR count). The summed E-state index contributed by atoms with van der Waals surface area (Å²) < 4.78 is 0. The first kappa shape index (κ1) is 14.8. The van der Waals surface area contributed by atoms with E-state index < -0.39 is 0 Å². The zero-order chi connectivity index (χ0) is 14.5. The summed E-state index contributed by atoms with van der Waals surface area (Å²) in [6, 6.07) is 7.11. The highest BCUT2D eigenvalue weighted by Crippen LogP contribution is 2.22. The minimum Gasteiger partial charge on any atom is -0.338 e. The molecule has 1 fully saturated rings. The summed E-state index contributed by atoms with van der Waals surface area (Å²) >= 11 is 5.93. The number of carbonyl (C=O) groups is 2. The number of hydrogen-bond acceptors (Lipinski definition) is 2. The zero-order valence-corrected chi connectivity index (χ0v) is 12.3. The molecule has 1 aromatic carbocycles. The summed E-state index contributed by atoms with van der Waals surface area (Å²) in [7, 11) is 0. The van der Waals surface area contributed by atoms with Crippen LogP contribution in [0.2, 0.25) is 5.02 Å². The largest absolute Gasteiger partial charge is 0.338 e. The predicted molar refractivity (Wildman–Crippen MR) is 77.5 cm³/mol. The molecular formula is C14H19ClN3O2+. The third kappa shape index (κ3) is 3.49. The molecule has 0 aliphatic carbocycles. The summed E-state index contributed by atoms with van der Waals surface area (Å²) in [6.45, 7) is 3.83. The Balaban J connectivity index is 1.98. The molecule has 1 aliphatic heterocycles. The van der Waals surface area contributed by atoms with E-state index in [1.165, 1.54) is 0 Å². The van der Waals surface area contributed by atoms with Crippen LogP contribution in [-0.2, 0) is 9.59 Å². The Hall–Kier alpha value is -1.59. The van der Waals surface area contributed by atoms with Crippen molar-refractivity contribution in [3.63, 3.8) is 0 Å². The van der Waals surface area contributed by atoms with Gasteiger partial charge in [-0.3, -0.25) is 14.5 Å². The average Bonchev–Trinajstić information content (AvgIpc) is 2.81. The molecule has 0 aromatic heterocycles. The highest BCUT2D eigenvalue weighted by molar-refractivity contribution is 6.30. The van der Waals surface area contributed by atoms with E-state index in [0.29, 0.717) is 18.2 Å². The van der Waals surface area contributed by atoms with Crippen LogP contribution in [0.5, 0.6) is 0 Å². The van der Waals surface area contributed by atoms with E-state index in [0.717, 1.165) is 18.7 Å². The lowest BCUT2D eigenvalue weighted by atomic mass is 10.3. The predicted octanol–water partition coefficient (Wildman–Crippen LogP) is 0.446. The maximum Gasteiger partial charge on any atom is 0.279 e. The first-order valence-corrected chi connectivity index (χ1v) is 7.15. The van der Waals surface area contributed by atoms with Gasteiger partial charge in [0.1, 0.15) is 13.2 Å². The topological polar surface area (TPSA) is 57.2 Å². The lowest BCUT2D eigenvalue weighted by Gasteiger charge is -2.17. The number of amides is 2. The van der Waals surface area contributed by atoms with Crippen LogP contribution in [0.1, 0.15) is 13.3 Å². The number of benzene rings is 1. The van der Waals surface area contributed by atoms with Gasteiger partial charge in [-0.1, -0.05) is 24.6 Å².